The van der Waals surface area contributed by atoms with E-state index < -0.39 is 0 Å². The molecular formula is C13H22N2O2. The summed E-state index contributed by atoms with van der Waals surface area (Å²) in [6.45, 7) is 7.98. The summed E-state index contributed by atoms with van der Waals surface area (Å²) in [6.07, 6.45) is 1.15. The van der Waals surface area contributed by atoms with E-state index in [0.717, 1.165) is 26.1 Å². The zero-order chi connectivity index (χ0) is 12.0. The summed E-state index contributed by atoms with van der Waals surface area (Å²) in [4.78, 5) is 14.6. The predicted octanol–water partition coefficient (Wildman–Crippen LogP) is 0.478. The lowest BCUT2D eigenvalue weighted by Gasteiger charge is -2.26. The number of amides is 1. The summed E-state index contributed by atoms with van der Waals surface area (Å²) in [5, 5.41) is 3.43. The first-order valence-corrected chi connectivity index (χ1v) is 6.79. The second-order valence-electron chi connectivity index (χ2n) is 5.89. The Morgan fingerprint density at radius 3 is 2.82 bits per heavy atom. The quantitative estimate of drug-likeness (QED) is 0.722. The van der Waals surface area contributed by atoms with Crippen LogP contribution in [0.2, 0.25) is 0 Å². The van der Waals surface area contributed by atoms with Gasteiger partial charge in [-0.1, -0.05) is 0 Å². The van der Waals surface area contributed by atoms with Gasteiger partial charge in [0.25, 0.3) is 0 Å². The van der Waals surface area contributed by atoms with Crippen molar-refractivity contribution in [3.05, 3.63) is 0 Å². The van der Waals surface area contributed by atoms with Gasteiger partial charge >= 0.3 is 0 Å². The van der Waals surface area contributed by atoms with Crippen molar-refractivity contribution in [1.82, 2.24) is 10.2 Å². The Morgan fingerprint density at radius 1 is 1.35 bits per heavy atom. The fourth-order valence-corrected chi connectivity index (χ4v) is 3.68. The number of hydrogen-bond donors (Lipinski definition) is 1. The lowest BCUT2D eigenvalue weighted by atomic mass is 9.95. The minimum Gasteiger partial charge on any atom is -0.378 e. The first-order valence-electron chi connectivity index (χ1n) is 6.79. The molecule has 3 fully saturated rings. The molecule has 4 nitrogen and oxygen atoms in total. The maximum atomic E-state index is 12.5. The molecule has 5 atom stereocenters. The van der Waals surface area contributed by atoms with Crippen molar-refractivity contribution in [1.29, 1.82) is 0 Å². The van der Waals surface area contributed by atoms with Crippen LogP contribution in [0.3, 0.4) is 0 Å². The van der Waals surface area contributed by atoms with Crippen LogP contribution in [-0.4, -0.2) is 49.2 Å². The van der Waals surface area contributed by atoms with Gasteiger partial charge in [0.1, 0.15) is 0 Å². The summed E-state index contributed by atoms with van der Waals surface area (Å²) in [5.74, 6) is 1.78. The Bertz CT molecular complexity index is 321. The molecule has 1 N–H and O–H groups in total. The number of hydrogen-bond acceptors (Lipinski definition) is 3. The molecule has 5 unspecified atom stereocenters. The Labute approximate surface area is 103 Å². The van der Waals surface area contributed by atoms with E-state index in [1.165, 1.54) is 0 Å². The minimum atomic E-state index is 0.110. The number of rotatable bonds is 1. The first-order chi connectivity index (χ1) is 8.16. The molecule has 4 heteroatoms. The van der Waals surface area contributed by atoms with E-state index in [1.54, 1.807) is 0 Å². The summed E-state index contributed by atoms with van der Waals surface area (Å²) in [6, 6.07) is 0.401. The molecule has 3 rings (SSSR count). The Hall–Kier alpha value is -0.610. The highest BCUT2D eigenvalue weighted by molar-refractivity contribution is 5.80. The van der Waals surface area contributed by atoms with Crippen molar-refractivity contribution in [3.8, 4) is 0 Å². The summed E-state index contributed by atoms with van der Waals surface area (Å²) < 4.78 is 5.52. The molecule has 0 saturated carbocycles. The Kier molecular flexibility index (Phi) is 2.87. The van der Waals surface area contributed by atoms with Gasteiger partial charge in [0, 0.05) is 25.7 Å². The van der Waals surface area contributed by atoms with Crippen LogP contribution in [0, 0.1) is 17.8 Å². The lowest BCUT2D eigenvalue weighted by Crippen LogP contribution is -2.41. The maximum Gasteiger partial charge on any atom is 0.228 e. The van der Waals surface area contributed by atoms with Crippen LogP contribution in [0.15, 0.2) is 0 Å². The number of nitrogens with zero attached hydrogens (tertiary/aromatic N) is 1. The van der Waals surface area contributed by atoms with Gasteiger partial charge in [0.15, 0.2) is 0 Å². The average Bonchev–Trinajstić information content (AvgIpc) is 2.96. The minimum absolute atomic E-state index is 0.110. The first kappa shape index (κ1) is 11.5. The topological polar surface area (TPSA) is 41.6 Å². The van der Waals surface area contributed by atoms with Gasteiger partial charge in [-0.25, -0.2) is 0 Å². The molecule has 0 aromatic heterocycles. The SMILES string of the molecule is CC1CC(C(=O)N2CC3CNCC3C2C)CO1. The molecule has 0 aliphatic carbocycles. The summed E-state index contributed by atoms with van der Waals surface area (Å²) in [5.41, 5.74) is 0. The Balaban J connectivity index is 1.67. The van der Waals surface area contributed by atoms with Gasteiger partial charge in [-0.3, -0.25) is 4.79 Å². The molecule has 0 radical (unpaired) electrons. The fourth-order valence-electron chi connectivity index (χ4n) is 3.68. The van der Waals surface area contributed by atoms with Crippen molar-refractivity contribution in [2.24, 2.45) is 17.8 Å². The second kappa shape index (κ2) is 4.25. The van der Waals surface area contributed by atoms with Crippen LogP contribution in [0.25, 0.3) is 0 Å². The molecule has 3 saturated heterocycles. The number of nitrogens with one attached hydrogen (secondary N) is 1. The third kappa shape index (κ3) is 1.87. The van der Waals surface area contributed by atoms with Crippen molar-refractivity contribution < 1.29 is 9.53 Å². The van der Waals surface area contributed by atoms with Gasteiger partial charge in [0.05, 0.1) is 18.6 Å². The Morgan fingerprint density at radius 2 is 2.18 bits per heavy atom. The van der Waals surface area contributed by atoms with Crippen LogP contribution in [0.1, 0.15) is 20.3 Å². The van der Waals surface area contributed by atoms with Crippen LogP contribution in [0.4, 0.5) is 0 Å². The second-order valence-corrected chi connectivity index (χ2v) is 5.89. The van der Waals surface area contributed by atoms with E-state index in [4.69, 9.17) is 4.74 Å². The van der Waals surface area contributed by atoms with E-state index in [1.807, 2.05) is 0 Å². The smallest absolute Gasteiger partial charge is 0.228 e. The maximum absolute atomic E-state index is 12.5. The van der Waals surface area contributed by atoms with E-state index in [0.29, 0.717) is 30.4 Å². The van der Waals surface area contributed by atoms with Gasteiger partial charge in [-0.2, -0.15) is 0 Å². The highest BCUT2D eigenvalue weighted by Gasteiger charge is 2.45. The molecule has 0 spiro atoms. The van der Waals surface area contributed by atoms with Crippen molar-refractivity contribution in [2.75, 3.05) is 26.2 Å². The highest BCUT2D eigenvalue weighted by Crippen LogP contribution is 2.34. The van der Waals surface area contributed by atoms with Crippen LogP contribution >= 0.6 is 0 Å². The summed E-state index contributed by atoms with van der Waals surface area (Å²) in [7, 11) is 0. The van der Waals surface area contributed by atoms with Crippen molar-refractivity contribution >= 4 is 5.91 Å². The summed E-state index contributed by atoms with van der Waals surface area (Å²) >= 11 is 0. The van der Waals surface area contributed by atoms with Gasteiger partial charge in [-0.15, -0.1) is 0 Å². The number of fused-ring (bicyclic) bond motifs is 1. The van der Waals surface area contributed by atoms with E-state index in [9.17, 15) is 4.79 Å². The third-order valence-electron chi connectivity index (χ3n) is 4.77. The van der Waals surface area contributed by atoms with E-state index >= 15 is 0 Å². The largest absolute Gasteiger partial charge is 0.378 e. The van der Waals surface area contributed by atoms with E-state index in [2.05, 4.69) is 24.1 Å². The lowest BCUT2D eigenvalue weighted by molar-refractivity contribution is -0.136. The van der Waals surface area contributed by atoms with Crippen molar-refractivity contribution in [3.63, 3.8) is 0 Å². The molecule has 0 bridgehead atoms. The number of carbonyl (C=O) groups excluding carboxylic acids is 1. The highest BCUT2D eigenvalue weighted by atomic mass is 16.5. The van der Waals surface area contributed by atoms with Gasteiger partial charge in [0.2, 0.25) is 5.91 Å². The standard InChI is InChI=1S/C13H22N2O2/c1-8-3-10(7-17-8)13(16)15-6-11-4-14-5-12(11)9(15)2/h8-12,14H,3-7H2,1-2H3. The normalized spacial score (nSPS) is 45.3. The number of likely N-dealkylation sites (tertiary alicyclic amines) is 1. The molecule has 17 heavy (non-hydrogen) atoms. The fraction of sp³-hybridized carbons (Fsp3) is 0.923. The molecule has 3 aliphatic heterocycles. The van der Waals surface area contributed by atoms with Gasteiger partial charge in [-0.05, 0) is 32.1 Å². The van der Waals surface area contributed by atoms with Crippen LogP contribution in [-0.2, 0) is 9.53 Å². The zero-order valence-corrected chi connectivity index (χ0v) is 10.7. The molecule has 0 aromatic rings. The van der Waals surface area contributed by atoms with Crippen LogP contribution in [0.5, 0.6) is 0 Å². The van der Waals surface area contributed by atoms with Crippen molar-refractivity contribution in [2.45, 2.75) is 32.4 Å². The molecule has 0 aromatic carbocycles. The van der Waals surface area contributed by atoms with E-state index in [-0.39, 0.29) is 12.0 Å². The van der Waals surface area contributed by atoms with Gasteiger partial charge < -0.3 is 15.0 Å². The molecule has 3 heterocycles. The zero-order valence-electron chi connectivity index (χ0n) is 10.7. The molecular weight excluding hydrogens is 216 g/mol. The predicted molar refractivity (Wildman–Crippen MR) is 64.5 cm³/mol. The van der Waals surface area contributed by atoms with Crippen LogP contribution < -0.4 is 5.32 Å². The number of carbonyl (C=O) groups is 1. The monoisotopic (exact) mass is 238 g/mol. The molecule has 96 valence electrons. The third-order valence-corrected chi connectivity index (χ3v) is 4.77. The molecule has 3 aliphatic rings. The average molecular weight is 238 g/mol. The number of ether oxygens (including phenoxy) is 1. The molecule has 1 amide bonds.